The molecule has 0 unspecified atom stereocenters. The maximum atomic E-state index is 5.33. The van der Waals surface area contributed by atoms with Gasteiger partial charge < -0.3 is 26.9 Å². The molecule has 0 aliphatic heterocycles. The molecule has 8 heteroatoms. The molecular weight excluding hydrogens is 472 g/mol. The summed E-state index contributed by atoms with van der Waals surface area (Å²) in [6, 6.07) is 24.4. The maximum Gasteiger partial charge on any atom is 0.339 e. The Balaban J connectivity index is 0.00000361. The quantitative estimate of drug-likeness (QED) is 0.270. The van der Waals surface area contributed by atoms with E-state index in [0.717, 1.165) is 39.6 Å². The first-order valence-corrected chi connectivity index (χ1v) is 11.4. The highest BCUT2D eigenvalue weighted by atomic mass is 35.5. The van der Waals surface area contributed by atoms with Crippen molar-refractivity contribution in [3.05, 3.63) is 96.3 Å². The van der Waals surface area contributed by atoms with Crippen LogP contribution in [0.25, 0.3) is 11.4 Å². The zero-order valence-electron chi connectivity index (χ0n) is 21.2. The molecule has 0 aliphatic rings. The molecule has 186 valence electrons. The molecule has 36 heavy (non-hydrogen) atoms. The molecule has 0 saturated carbocycles. The number of aromatic nitrogens is 2. The predicted octanol–water partition coefficient (Wildman–Crippen LogP) is 1.35. The van der Waals surface area contributed by atoms with E-state index in [0.29, 0.717) is 0 Å². The zero-order valence-corrected chi connectivity index (χ0v) is 22.0. The normalized spacial score (nSPS) is 11.0. The van der Waals surface area contributed by atoms with Gasteiger partial charge in [-0.25, -0.2) is 0 Å². The highest BCUT2D eigenvalue weighted by Crippen LogP contribution is 2.20. The van der Waals surface area contributed by atoms with Gasteiger partial charge in [0.15, 0.2) is 12.4 Å². The summed E-state index contributed by atoms with van der Waals surface area (Å²) in [6.07, 6.45) is 7.49. The highest BCUT2D eigenvalue weighted by Gasteiger charge is 2.20. The number of methoxy groups -OCH3 is 1. The largest absolute Gasteiger partial charge is 1.00 e. The van der Waals surface area contributed by atoms with E-state index in [2.05, 4.69) is 58.3 Å². The number of benzene rings is 3. The third-order valence-corrected chi connectivity index (χ3v) is 5.61. The van der Waals surface area contributed by atoms with Gasteiger partial charge in [-0.15, -0.1) is 0 Å². The molecule has 0 spiro atoms. The van der Waals surface area contributed by atoms with Gasteiger partial charge in [-0.2, -0.15) is 0 Å². The van der Waals surface area contributed by atoms with Crippen molar-refractivity contribution in [2.24, 2.45) is 10.2 Å². The lowest BCUT2D eigenvalue weighted by Gasteiger charge is -2.11. The van der Waals surface area contributed by atoms with Crippen LogP contribution in [0.3, 0.4) is 0 Å². The number of imidazole rings is 1. The van der Waals surface area contributed by atoms with E-state index in [1.807, 2.05) is 86.6 Å². The first-order valence-electron chi connectivity index (χ1n) is 11.4. The smallest absolute Gasteiger partial charge is 0.339 e. The second kappa shape index (κ2) is 12.0. The number of halogens is 1. The van der Waals surface area contributed by atoms with Crippen LogP contribution >= 0.6 is 0 Å². The Kier molecular flexibility index (Phi) is 8.86. The van der Waals surface area contributed by atoms with Crippen LogP contribution in [0.5, 0.6) is 5.75 Å². The third kappa shape index (κ3) is 6.31. The molecule has 0 saturated heterocycles. The summed E-state index contributed by atoms with van der Waals surface area (Å²) >= 11 is 0. The van der Waals surface area contributed by atoms with E-state index in [1.165, 1.54) is 0 Å². The van der Waals surface area contributed by atoms with Crippen molar-refractivity contribution >= 4 is 23.8 Å². The van der Waals surface area contributed by atoms with Gasteiger partial charge in [-0.3, -0.25) is 0 Å². The molecule has 1 heterocycles. The fourth-order valence-electron chi connectivity index (χ4n) is 3.54. The van der Waals surface area contributed by atoms with Gasteiger partial charge in [0.25, 0.3) is 0 Å². The Hall–Kier alpha value is -4.10. The van der Waals surface area contributed by atoms with Gasteiger partial charge in [0.05, 0.1) is 25.1 Å². The molecule has 3 aromatic carbocycles. The zero-order chi connectivity index (χ0) is 24.8. The van der Waals surface area contributed by atoms with Gasteiger partial charge >= 0.3 is 5.82 Å². The number of hydrogen-bond donors (Lipinski definition) is 0. The Morgan fingerprint density at radius 2 is 1.28 bits per heavy atom. The van der Waals surface area contributed by atoms with Gasteiger partial charge in [0.1, 0.15) is 5.75 Å². The van der Waals surface area contributed by atoms with E-state index in [4.69, 9.17) is 14.9 Å². The van der Waals surface area contributed by atoms with E-state index in [1.54, 1.807) is 7.11 Å². The van der Waals surface area contributed by atoms with Crippen LogP contribution in [0.15, 0.2) is 95.4 Å². The van der Waals surface area contributed by atoms with E-state index in [-0.39, 0.29) is 12.4 Å². The standard InChI is InChI=1S/C28H31N6O.ClH/c1-31(2)25-12-6-22(7-13-25)20-29-33-18-19-34(28(33)24-10-16-27(35-5)17-11-24)30-21-23-8-14-26(15-9-23)32(3)4;/h6-21H,1-5H3;1H/q+1;/p-1. The summed E-state index contributed by atoms with van der Waals surface area (Å²) in [4.78, 5) is 4.15. The Morgan fingerprint density at radius 3 is 1.78 bits per heavy atom. The summed E-state index contributed by atoms with van der Waals surface area (Å²) in [5, 5.41) is 9.45. The molecule has 0 atom stereocenters. The topological polar surface area (TPSA) is 49.2 Å². The lowest BCUT2D eigenvalue weighted by Crippen LogP contribution is -3.00. The van der Waals surface area contributed by atoms with Gasteiger partial charge in [0.2, 0.25) is 0 Å². The summed E-state index contributed by atoms with van der Waals surface area (Å²) in [5.41, 5.74) is 5.29. The number of rotatable bonds is 8. The van der Waals surface area contributed by atoms with Crippen molar-refractivity contribution in [2.45, 2.75) is 0 Å². The van der Waals surface area contributed by atoms with Crippen LogP contribution < -0.4 is 31.6 Å². The molecule has 0 aliphatic carbocycles. The Morgan fingerprint density at radius 1 is 0.750 bits per heavy atom. The van der Waals surface area contributed by atoms with Crippen LogP contribution in [0, 0.1) is 0 Å². The molecule has 4 rings (SSSR count). The molecular formula is C28H31ClN6O. The predicted molar refractivity (Wildman–Crippen MR) is 144 cm³/mol. The first kappa shape index (κ1) is 26.5. The molecule has 1 aromatic heterocycles. The highest BCUT2D eigenvalue weighted by molar-refractivity contribution is 5.81. The molecule has 0 radical (unpaired) electrons. The van der Waals surface area contributed by atoms with E-state index in [9.17, 15) is 0 Å². The van der Waals surface area contributed by atoms with Crippen LogP contribution in [0.4, 0.5) is 11.4 Å². The minimum absolute atomic E-state index is 0. The molecule has 7 nitrogen and oxygen atoms in total. The average Bonchev–Trinajstić information content (AvgIpc) is 3.29. The Labute approximate surface area is 219 Å². The lowest BCUT2D eigenvalue weighted by molar-refractivity contribution is -0.666. The molecule has 0 bridgehead atoms. The van der Waals surface area contributed by atoms with E-state index >= 15 is 0 Å². The van der Waals surface area contributed by atoms with Crippen LogP contribution in [-0.4, -0.2) is 52.4 Å². The molecule has 0 fully saturated rings. The van der Waals surface area contributed by atoms with Gasteiger partial charge in [-0.1, -0.05) is 43.8 Å². The second-order valence-electron chi connectivity index (χ2n) is 8.50. The van der Waals surface area contributed by atoms with E-state index < -0.39 is 0 Å². The molecule has 0 N–H and O–H groups in total. The summed E-state index contributed by atoms with van der Waals surface area (Å²) in [5.74, 6) is 1.63. The summed E-state index contributed by atoms with van der Waals surface area (Å²) < 4.78 is 8.99. The average molecular weight is 503 g/mol. The minimum atomic E-state index is 0. The SMILES string of the molecule is COc1ccc(-c2n(N=Cc3ccc(N(C)C)cc3)cc[n+]2N=Cc2ccc(N(C)C)cc2)cc1.[Cl-]. The minimum Gasteiger partial charge on any atom is -1.00 e. The number of hydrogen-bond acceptors (Lipinski definition) is 5. The fourth-order valence-corrected chi connectivity index (χ4v) is 3.54. The third-order valence-electron chi connectivity index (χ3n) is 5.61. The second-order valence-corrected chi connectivity index (χ2v) is 8.50. The van der Waals surface area contributed by atoms with Crippen molar-refractivity contribution in [1.29, 1.82) is 0 Å². The van der Waals surface area contributed by atoms with Crippen LogP contribution in [0.2, 0.25) is 0 Å². The van der Waals surface area contributed by atoms with Crippen molar-refractivity contribution in [3.8, 4) is 17.1 Å². The monoisotopic (exact) mass is 502 g/mol. The molecule has 0 amide bonds. The molecule has 4 aromatic rings. The van der Waals surface area contributed by atoms with Gasteiger partial charge in [0, 0.05) is 39.6 Å². The van der Waals surface area contributed by atoms with Crippen LogP contribution in [0.1, 0.15) is 11.1 Å². The number of nitrogens with zero attached hydrogens (tertiary/aromatic N) is 6. The maximum absolute atomic E-state index is 5.33. The number of anilines is 2. The lowest BCUT2D eigenvalue weighted by atomic mass is 10.2. The summed E-state index contributed by atoms with van der Waals surface area (Å²) in [6.45, 7) is 0. The Bertz CT molecular complexity index is 1230. The first-order chi connectivity index (χ1) is 16.9. The van der Waals surface area contributed by atoms with Gasteiger partial charge in [-0.05, 0) is 59.7 Å². The van der Waals surface area contributed by atoms with Crippen LogP contribution in [-0.2, 0) is 0 Å². The van der Waals surface area contributed by atoms with Crippen molar-refractivity contribution in [3.63, 3.8) is 0 Å². The van der Waals surface area contributed by atoms with Crippen molar-refractivity contribution in [1.82, 2.24) is 4.68 Å². The fraction of sp³-hybridized carbons (Fsp3) is 0.179. The van der Waals surface area contributed by atoms with Crippen molar-refractivity contribution in [2.75, 3.05) is 45.1 Å². The summed E-state index contributed by atoms with van der Waals surface area (Å²) in [7, 11) is 9.77. The van der Waals surface area contributed by atoms with Crippen molar-refractivity contribution < 1.29 is 21.8 Å². The number of ether oxygens (including phenoxy) is 1.